The van der Waals surface area contributed by atoms with Crippen molar-refractivity contribution >= 4 is 40.3 Å². The lowest BCUT2D eigenvalue weighted by molar-refractivity contribution is -0.131. The molecule has 7 heteroatoms. The van der Waals surface area contributed by atoms with E-state index < -0.39 is 6.04 Å². The van der Waals surface area contributed by atoms with E-state index in [1.54, 1.807) is 11.8 Å². The fourth-order valence-electron chi connectivity index (χ4n) is 4.06. The zero-order chi connectivity index (χ0) is 19.1. The summed E-state index contributed by atoms with van der Waals surface area (Å²) < 4.78 is 0. The summed E-state index contributed by atoms with van der Waals surface area (Å²) in [7, 11) is 0. The Kier molecular flexibility index (Phi) is 4.80. The first-order valence-corrected chi connectivity index (χ1v) is 10.4. The molecule has 2 amide bonds. The molecule has 0 radical (unpaired) electrons. The second kappa shape index (κ2) is 7.11. The summed E-state index contributed by atoms with van der Waals surface area (Å²) in [5.41, 5.74) is 1.66. The van der Waals surface area contributed by atoms with Crippen molar-refractivity contribution in [3.05, 3.63) is 29.8 Å². The zero-order valence-electron chi connectivity index (χ0n) is 15.9. The summed E-state index contributed by atoms with van der Waals surface area (Å²) >= 11 is 1.33. The van der Waals surface area contributed by atoms with Gasteiger partial charge in [0.25, 0.3) is 5.91 Å². The second-order valence-corrected chi connectivity index (χ2v) is 8.69. The number of hydrogen-bond donors (Lipinski definition) is 0. The van der Waals surface area contributed by atoms with Crippen LogP contribution in [0.1, 0.15) is 32.8 Å². The van der Waals surface area contributed by atoms with Crippen LogP contribution in [0.4, 0.5) is 5.69 Å². The monoisotopic (exact) mass is 384 g/mol. The number of hydrogen-bond acceptors (Lipinski definition) is 5. The fourth-order valence-corrected chi connectivity index (χ4v) is 4.96. The molecular formula is C20H24N4O2S. The maximum absolute atomic E-state index is 12.7. The molecule has 1 fully saturated rings. The minimum atomic E-state index is -0.420. The van der Waals surface area contributed by atoms with Crippen LogP contribution in [-0.2, 0) is 9.59 Å². The summed E-state index contributed by atoms with van der Waals surface area (Å²) in [6.07, 6.45) is 1.17. The van der Waals surface area contributed by atoms with Crippen molar-refractivity contribution in [3.63, 3.8) is 0 Å². The Bertz CT molecular complexity index is 840. The molecule has 1 aromatic rings. The topological polar surface area (TPSA) is 65.3 Å². The van der Waals surface area contributed by atoms with E-state index in [1.807, 2.05) is 29.2 Å². The number of nitrogens with zero attached hydrogens (tertiary/aromatic N) is 4. The third kappa shape index (κ3) is 3.40. The number of rotatable bonds is 2. The molecule has 142 valence electrons. The van der Waals surface area contributed by atoms with Gasteiger partial charge in [0, 0.05) is 18.7 Å². The molecule has 6 nitrogen and oxygen atoms in total. The molecule has 3 heterocycles. The lowest BCUT2D eigenvalue weighted by Crippen LogP contribution is -2.44. The molecule has 0 aliphatic carbocycles. The molecule has 27 heavy (non-hydrogen) atoms. The maximum Gasteiger partial charge on any atom is 0.258 e. The van der Waals surface area contributed by atoms with Crippen LogP contribution in [0.2, 0.25) is 0 Å². The molecule has 1 aromatic carbocycles. The molecule has 1 saturated heterocycles. The third-order valence-corrected chi connectivity index (χ3v) is 6.13. The smallest absolute Gasteiger partial charge is 0.258 e. The van der Waals surface area contributed by atoms with Crippen LogP contribution < -0.4 is 0 Å². The number of carbonyl (C=O) groups excluding carboxylic acids is 2. The summed E-state index contributed by atoms with van der Waals surface area (Å²) in [6, 6.07) is 7.26. The molecule has 4 rings (SSSR count). The van der Waals surface area contributed by atoms with E-state index in [9.17, 15) is 9.59 Å². The molecule has 0 unspecified atom stereocenters. The molecule has 3 atom stereocenters. The number of benzene rings is 1. The Morgan fingerprint density at radius 1 is 1.19 bits per heavy atom. The van der Waals surface area contributed by atoms with Crippen LogP contribution in [0.3, 0.4) is 0 Å². The second-order valence-electron chi connectivity index (χ2n) is 7.75. The number of amides is 2. The van der Waals surface area contributed by atoms with Crippen LogP contribution in [0.5, 0.6) is 0 Å². The number of piperidine rings is 1. The van der Waals surface area contributed by atoms with E-state index in [2.05, 4.69) is 23.8 Å². The van der Waals surface area contributed by atoms with Crippen molar-refractivity contribution in [2.75, 3.05) is 18.8 Å². The van der Waals surface area contributed by atoms with Gasteiger partial charge in [-0.15, -0.1) is 0 Å². The summed E-state index contributed by atoms with van der Waals surface area (Å²) in [5, 5.41) is 0.549. The van der Waals surface area contributed by atoms with Crippen molar-refractivity contribution in [1.29, 1.82) is 0 Å². The number of aliphatic imine (C=N–C) groups is 2. The summed E-state index contributed by atoms with van der Waals surface area (Å²) in [4.78, 5) is 38.0. The molecule has 3 aliphatic rings. The molecule has 0 aromatic heterocycles. The Morgan fingerprint density at radius 2 is 1.89 bits per heavy atom. The molecule has 3 aliphatic heterocycles. The molecule has 0 N–H and O–H groups in total. The van der Waals surface area contributed by atoms with Crippen LogP contribution in [0.15, 0.2) is 34.3 Å². The van der Waals surface area contributed by atoms with Crippen molar-refractivity contribution in [2.45, 2.75) is 33.2 Å². The van der Waals surface area contributed by atoms with Gasteiger partial charge in [-0.2, -0.15) is 0 Å². The minimum absolute atomic E-state index is 0.0848. The lowest BCUT2D eigenvalue weighted by atomic mass is 9.92. The fraction of sp³-hybridized carbons (Fsp3) is 0.500. The highest BCUT2D eigenvalue weighted by atomic mass is 32.2. The summed E-state index contributed by atoms with van der Waals surface area (Å²) in [5.74, 6) is 2.01. The van der Waals surface area contributed by atoms with E-state index in [1.165, 1.54) is 18.2 Å². The van der Waals surface area contributed by atoms with Gasteiger partial charge in [-0.05, 0) is 37.3 Å². The Morgan fingerprint density at radius 3 is 2.63 bits per heavy atom. The van der Waals surface area contributed by atoms with Gasteiger partial charge in [0.15, 0.2) is 5.17 Å². The van der Waals surface area contributed by atoms with Gasteiger partial charge in [0.05, 0.1) is 11.4 Å². The number of thioether (sulfide) groups is 1. The molecule has 0 bridgehead atoms. The Labute approximate surface area is 163 Å². The van der Waals surface area contributed by atoms with Gasteiger partial charge >= 0.3 is 0 Å². The van der Waals surface area contributed by atoms with Gasteiger partial charge in [0.1, 0.15) is 11.9 Å². The highest BCUT2D eigenvalue weighted by Gasteiger charge is 2.39. The lowest BCUT2D eigenvalue weighted by Gasteiger charge is -2.35. The van der Waals surface area contributed by atoms with Gasteiger partial charge in [-0.1, -0.05) is 37.7 Å². The predicted molar refractivity (Wildman–Crippen MR) is 108 cm³/mol. The van der Waals surface area contributed by atoms with Crippen LogP contribution in [0.25, 0.3) is 0 Å². The van der Waals surface area contributed by atoms with Gasteiger partial charge in [0.2, 0.25) is 5.91 Å². The van der Waals surface area contributed by atoms with Gasteiger partial charge in [-0.25, -0.2) is 9.89 Å². The van der Waals surface area contributed by atoms with Crippen molar-refractivity contribution < 1.29 is 9.59 Å². The SMILES string of the molecule is C[C@@H]1C[C@@H](C)CN(C(=O)CSC2=Nc3ccccc3C3=N[C@@H](C)C(=O)N23)C1. The maximum atomic E-state index is 12.7. The van der Waals surface area contributed by atoms with Crippen LogP contribution in [0, 0.1) is 11.8 Å². The van der Waals surface area contributed by atoms with Crippen molar-refractivity contribution in [3.8, 4) is 0 Å². The number of para-hydroxylation sites is 1. The van der Waals surface area contributed by atoms with E-state index in [4.69, 9.17) is 0 Å². The van der Waals surface area contributed by atoms with Crippen LogP contribution in [-0.4, -0.2) is 57.5 Å². The quantitative estimate of drug-likeness (QED) is 0.787. The largest absolute Gasteiger partial charge is 0.341 e. The molecular weight excluding hydrogens is 360 g/mol. The first kappa shape index (κ1) is 18.2. The number of fused-ring (bicyclic) bond motifs is 3. The minimum Gasteiger partial charge on any atom is -0.341 e. The van der Waals surface area contributed by atoms with Crippen LogP contribution >= 0.6 is 11.8 Å². The Hall–Kier alpha value is -2.15. The predicted octanol–water partition coefficient (Wildman–Crippen LogP) is 2.90. The van der Waals surface area contributed by atoms with Gasteiger partial charge < -0.3 is 4.90 Å². The van der Waals surface area contributed by atoms with Gasteiger partial charge in [-0.3, -0.25) is 14.6 Å². The highest BCUT2D eigenvalue weighted by Crippen LogP contribution is 2.33. The first-order valence-electron chi connectivity index (χ1n) is 9.44. The summed E-state index contributed by atoms with van der Waals surface area (Å²) in [6.45, 7) is 7.80. The standard InChI is InChI=1S/C20H24N4O2S/c1-12-8-13(2)10-23(9-12)17(25)11-27-20-22-16-7-5-4-6-15(16)18-21-14(3)19(26)24(18)20/h4-7,12-14H,8-11H2,1-3H3/t12-,13-,14+/m1/s1. The average molecular weight is 385 g/mol. The third-order valence-electron chi connectivity index (χ3n) is 5.20. The van der Waals surface area contributed by atoms with E-state index in [0.29, 0.717) is 22.8 Å². The van der Waals surface area contributed by atoms with E-state index >= 15 is 0 Å². The Balaban J connectivity index is 1.53. The molecule has 0 spiro atoms. The highest BCUT2D eigenvalue weighted by molar-refractivity contribution is 8.14. The van der Waals surface area contributed by atoms with Crippen molar-refractivity contribution in [1.82, 2.24) is 9.80 Å². The number of likely N-dealkylation sites (tertiary alicyclic amines) is 1. The first-order chi connectivity index (χ1) is 12.9. The number of carbonyl (C=O) groups is 2. The van der Waals surface area contributed by atoms with Crippen molar-refractivity contribution in [2.24, 2.45) is 21.8 Å². The zero-order valence-corrected chi connectivity index (χ0v) is 16.7. The average Bonchev–Trinajstić information content (AvgIpc) is 2.94. The van der Waals surface area contributed by atoms with E-state index in [-0.39, 0.29) is 17.6 Å². The number of amidine groups is 2. The molecule has 0 saturated carbocycles. The normalized spacial score (nSPS) is 27.1. The van der Waals surface area contributed by atoms with E-state index in [0.717, 1.165) is 24.3 Å².